The smallest absolute Gasteiger partial charge is 0.330 e. The highest BCUT2D eigenvalue weighted by molar-refractivity contribution is 5.89. The van der Waals surface area contributed by atoms with Gasteiger partial charge in [-0.25, -0.2) is 4.79 Å². The Morgan fingerprint density at radius 1 is 0.409 bits per heavy atom. The maximum Gasteiger partial charge on any atom is 0.330 e. The van der Waals surface area contributed by atoms with E-state index in [9.17, 15) is 19.2 Å². The lowest BCUT2D eigenvalue weighted by Crippen LogP contribution is -2.34. The van der Waals surface area contributed by atoms with E-state index in [4.69, 9.17) is 15.2 Å². The standard InChI is InChI=1S/C37H69NO6/c1-3-5-7-9-11-13-15-17-19-21-23-25-27-29-34(39)43-36(41)32-31-33(38)37(42)44-35(40)30-28-26-24-22-20-18-16-14-12-10-8-6-4-2/h33H,3-32,38H2,1-2H3/t33-/m0/s1. The number of ether oxygens (including phenoxy) is 2. The van der Waals surface area contributed by atoms with E-state index in [-0.39, 0.29) is 25.7 Å². The topological polar surface area (TPSA) is 113 Å². The minimum Gasteiger partial charge on any atom is -0.393 e. The van der Waals surface area contributed by atoms with Crippen LogP contribution < -0.4 is 5.73 Å². The van der Waals surface area contributed by atoms with Crippen LogP contribution >= 0.6 is 0 Å². The molecule has 0 saturated carbocycles. The highest BCUT2D eigenvalue weighted by atomic mass is 16.6. The van der Waals surface area contributed by atoms with Crippen LogP contribution in [0.1, 0.15) is 206 Å². The number of hydrogen-bond donors (Lipinski definition) is 1. The highest BCUT2D eigenvalue weighted by Gasteiger charge is 2.21. The summed E-state index contributed by atoms with van der Waals surface area (Å²) in [5.41, 5.74) is 5.79. The molecule has 258 valence electrons. The molecule has 0 heterocycles. The molecule has 0 unspecified atom stereocenters. The fourth-order valence-electron chi connectivity index (χ4n) is 5.43. The first kappa shape index (κ1) is 42.2. The molecular weight excluding hydrogens is 554 g/mol. The largest absolute Gasteiger partial charge is 0.393 e. The van der Waals surface area contributed by atoms with Crippen molar-refractivity contribution >= 4 is 23.9 Å². The van der Waals surface area contributed by atoms with Crippen LogP contribution in [0.25, 0.3) is 0 Å². The zero-order valence-corrected chi connectivity index (χ0v) is 28.8. The molecule has 0 aliphatic rings. The lowest BCUT2D eigenvalue weighted by molar-refractivity contribution is -0.160. The van der Waals surface area contributed by atoms with Gasteiger partial charge in [0.05, 0.1) is 0 Å². The number of nitrogens with two attached hydrogens (primary N) is 1. The molecule has 7 heteroatoms. The average molecular weight is 624 g/mol. The Morgan fingerprint density at radius 2 is 0.682 bits per heavy atom. The van der Waals surface area contributed by atoms with Crippen LogP contribution in [0.5, 0.6) is 0 Å². The Labute approximate surface area is 270 Å². The van der Waals surface area contributed by atoms with E-state index >= 15 is 0 Å². The number of carbonyl (C=O) groups is 4. The van der Waals surface area contributed by atoms with Crippen molar-refractivity contribution < 1.29 is 28.7 Å². The lowest BCUT2D eigenvalue weighted by Gasteiger charge is -2.10. The monoisotopic (exact) mass is 624 g/mol. The summed E-state index contributed by atoms with van der Waals surface area (Å²) in [7, 11) is 0. The Balaban J connectivity index is 3.64. The maximum absolute atomic E-state index is 12.1. The van der Waals surface area contributed by atoms with Gasteiger partial charge in [0.2, 0.25) is 0 Å². The number of unbranched alkanes of at least 4 members (excludes halogenated alkanes) is 24. The summed E-state index contributed by atoms with van der Waals surface area (Å²) in [5, 5.41) is 0. The fourth-order valence-corrected chi connectivity index (χ4v) is 5.43. The Bertz CT molecular complexity index is 710. The summed E-state index contributed by atoms with van der Waals surface area (Å²) in [5.74, 6) is -2.66. The molecule has 0 aromatic heterocycles. The van der Waals surface area contributed by atoms with Crippen LogP contribution in [0.15, 0.2) is 0 Å². The third kappa shape index (κ3) is 30.3. The van der Waals surface area contributed by atoms with Crippen molar-refractivity contribution in [2.24, 2.45) is 5.73 Å². The van der Waals surface area contributed by atoms with Crippen molar-refractivity contribution in [2.45, 2.75) is 213 Å². The molecule has 2 N–H and O–H groups in total. The summed E-state index contributed by atoms with van der Waals surface area (Å²) in [6.45, 7) is 4.49. The van der Waals surface area contributed by atoms with Gasteiger partial charge in [-0.1, -0.05) is 168 Å². The molecule has 7 nitrogen and oxygen atoms in total. The lowest BCUT2D eigenvalue weighted by atomic mass is 10.0. The molecule has 0 saturated heterocycles. The van der Waals surface area contributed by atoms with E-state index in [2.05, 4.69) is 13.8 Å². The minimum atomic E-state index is -1.10. The Morgan fingerprint density at radius 3 is 1.02 bits per heavy atom. The van der Waals surface area contributed by atoms with Crippen LogP contribution in [-0.4, -0.2) is 29.9 Å². The summed E-state index contributed by atoms with van der Waals surface area (Å²) in [4.78, 5) is 48.0. The first-order valence-corrected chi connectivity index (χ1v) is 18.6. The van der Waals surface area contributed by atoms with E-state index in [1.54, 1.807) is 0 Å². The van der Waals surface area contributed by atoms with E-state index < -0.39 is 29.9 Å². The molecular formula is C37H69NO6. The van der Waals surface area contributed by atoms with Crippen molar-refractivity contribution in [3.8, 4) is 0 Å². The minimum absolute atomic E-state index is 0.0320. The normalized spacial score (nSPS) is 11.8. The van der Waals surface area contributed by atoms with Crippen molar-refractivity contribution in [1.82, 2.24) is 0 Å². The van der Waals surface area contributed by atoms with Gasteiger partial charge in [0.1, 0.15) is 6.04 Å². The van der Waals surface area contributed by atoms with Crippen molar-refractivity contribution in [1.29, 1.82) is 0 Å². The number of carbonyl (C=O) groups excluding carboxylic acids is 4. The zero-order valence-electron chi connectivity index (χ0n) is 28.8. The van der Waals surface area contributed by atoms with E-state index in [0.29, 0.717) is 12.8 Å². The Hall–Kier alpha value is -1.76. The van der Waals surface area contributed by atoms with Crippen LogP contribution in [0.4, 0.5) is 0 Å². The predicted octanol–water partition coefficient (Wildman–Crippen LogP) is 10.2. The fraction of sp³-hybridized carbons (Fsp3) is 0.892. The molecule has 0 bridgehead atoms. The Kier molecular flexibility index (Phi) is 31.3. The first-order valence-electron chi connectivity index (χ1n) is 18.6. The summed E-state index contributed by atoms with van der Waals surface area (Å²) < 4.78 is 9.69. The molecule has 0 rings (SSSR count). The second kappa shape index (κ2) is 32.6. The average Bonchev–Trinajstić information content (AvgIpc) is 3.00. The molecule has 0 radical (unpaired) electrons. The van der Waals surface area contributed by atoms with E-state index in [0.717, 1.165) is 25.7 Å². The predicted molar refractivity (Wildman–Crippen MR) is 180 cm³/mol. The van der Waals surface area contributed by atoms with Gasteiger partial charge in [0, 0.05) is 19.3 Å². The van der Waals surface area contributed by atoms with Crippen molar-refractivity contribution in [3.05, 3.63) is 0 Å². The van der Waals surface area contributed by atoms with Crippen LogP contribution in [0, 0.1) is 0 Å². The summed E-state index contributed by atoms with van der Waals surface area (Å²) >= 11 is 0. The first-order chi connectivity index (χ1) is 21.4. The van der Waals surface area contributed by atoms with E-state index in [1.165, 1.54) is 128 Å². The molecule has 0 aromatic rings. The number of rotatable bonds is 32. The van der Waals surface area contributed by atoms with Gasteiger partial charge in [-0.05, 0) is 19.3 Å². The third-order valence-electron chi connectivity index (χ3n) is 8.37. The van der Waals surface area contributed by atoms with Gasteiger partial charge < -0.3 is 15.2 Å². The molecule has 0 amide bonds. The van der Waals surface area contributed by atoms with Crippen LogP contribution in [0.2, 0.25) is 0 Å². The number of esters is 4. The van der Waals surface area contributed by atoms with Gasteiger partial charge in [-0.3, -0.25) is 14.4 Å². The van der Waals surface area contributed by atoms with Gasteiger partial charge in [0.15, 0.2) is 0 Å². The molecule has 0 aliphatic carbocycles. The zero-order chi connectivity index (χ0) is 32.5. The quantitative estimate of drug-likeness (QED) is 0.0450. The van der Waals surface area contributed by atoms with E-state index in [1.807, 2.05) is 0 Å². The van der Waals surface area contributed by atoms with Gasteiger partial charge >= 0.3 is 23.9 Å². The second-order valence-corrected chi connectivity index (χ2v) is 12.8. The van der Waals surface area contributed by atoms with Crippen LogP contribution in [0.3, 0.4) is 0 Å². The summed E-state index contributed by atoms with van der Waals surface area (Å²) in [6.07, 6.45) is 31.8. The molecule has 44 heavy (non-hydrogen) atoms. The third-order valence-corrected chi connectivity index (χ3v) is 8.37. The molecule has 0 spiro atoms. The van der Waals surface area contributed by atoms with Crippen molar-refractivity contribution in [3.63, 3.8) is 0 Å². The second-order valence-electron chi connectivity index (χ2n) is 12.8. The molecule has 0 fully saturated rings. The molecule has 0 aromatic carbocycles. The van der Waals surface area contributed by atoms with Crippen molar-refractivity contribution in [2.75, 3.05) is 0 Å². The van der Waals surface area contributed by atoms with Gasteiger partial charge in [0.25, 0.3) is 0 Å². The molecule has 1 atom stereocenters. The summed E-state index contributed by atoms with van der Waals surface area (Å²) in [6, 6.07) is -1.10. The SMILES string of the molecule is CCCCCCCCCCCCCCCC(=O)OC(=O)CC[C@H](N)C(=O)OC(=O)CCCCCCCCCCCCCCC. The maximum atomic E-state index is 12.1. The number of hydrogen-bond acceptors (Lipinski definition) is 7. The van der Waals surface area contributed by atoms with Crippen LogP contribution in [-0.2, 0) is 28.7 Å². The molecule has 0 aliphatic heterocycles. The van der Waals surface area contributed by atoms with Gasteiger partial charge in [-0.2, -0.15) is 0 Å². The highest BCUT2D eigenvalue weighted by Crippen LogP contribution is 2.15. The van der Waals surface area contributed by atoms with Gasteiger partial charge in [-0.15, -0.1) is 0 Å².